The Morgan fingerprint density at radius 2 is 1.90 bits per heavy atom. The average Bonchev–Trinajstić information content (AvgIpc) is 3.09. The number of nitrogens with one attached hydrogen (secondary N) is 1. The molecule has 0 spiro atoms. The predicted octanol–water partition coefficient (Wildman–Crippen LogP) is 2.36. The fourth-order valence-electron chi connectivity index (χ4n) is 3.45. The average molecular weight is 427 g/mol. The number of aromatic amines is 1. The molecule has 30 heavy (non-hydrogen) atoms. The molecule has 1 aliphatic rings. The normalized spacial score (nSPS) is 15.2. The number of fused-ring (bicyclic) bond motifs is 1. The van der Waals surface area contributed by atoms with Crippen molar-refractivity contribution in [1.82, 2.24) is 14.9 Å². The number of morpholine rings is 1. The number of H-pyrrole nitrogens is 1. The predicted molar refractivity (Wildman–Crippen MR) is 112 cm³/mol. The molecular weight excluding hydrogens is 406 g/mol. The van der Waals surface area contributed by atoms with E-state index in [0.717, 1.165) is 11.3 Å². The van der Waals surface area contributed by atoms with Crippen LogP contribution in [0.5, 0.6) is 0 Å². The molecule has 156 valence electrons. The Labute approximate surface area is 176 Å². The fourth-order valence-corrected chi connectivity index (χ4v) is 4.56. The first-order chi connectivity index (χ1) is 14.5. The van der Waals surface area contributed by atoms with Gasteiger partial charge in [-0.05, 0) is 19.4 Å². The summed E-state index contributed by atoms with van der Waals surface area (Å²) in [6, 6.07) is 8.92. The molecule has 1 aliphatic heterocycles. The van der Waals surface area contributed by atoms with Crippen LogP contribution < -0.4 is 5.56 Å². The number of thiophene rings is 1. The highest BCUT2D eigenvalue weighted by Crippen LogP contribution is 2.30. The molecule has 4 rings (SSSR count). The molecule has 1 aromatic carbocycles. The zero-order chi connectivity index (χ0) is 21.3. The number of aryl methyl sites for hydroxylation is 2. The summed E-state index contributed by atoms with van der Waals surface area (Å²) in [5.41, 5.74) is 0.793. The summed E-state index contributed by atoms with van der Waals surface area (Å²) in [7, 11) is 0. The van der Waals surface area contributed by atoms with Gasteiger partial charge in [-0.15, -0.1) is 11.3 Å². The molecule has 1 saturated heterocycles. The third-order valence-corrected chi connectivity index (χ3v) is 6.14. The molecule has 1 unspecified atom stereocenters. The SMILES string of the molecule is Cc1nc2sc(C(=O)OC(C(=O)N3CCOCC3)c3ccccc3)c(C)c2c(=O)[nH]1. The Bertz CT molecular complexity index is 1150. The van der Waals surface area contributed by atoms with Crippen molar-refractivity contribution in [3.63, 3.8) is 0 Å². The molecule has 1 fully saturated rings. The van der Waals surface area contributed by atoms with Gasteiger partial charge in [0.15, 0.2) is 0 Å². The number of ether oxygens (including phenoxy) is 2. The lowest BCUT2D eigenvalue weighted by Gasteiger charge is -2.30. The number of amides is 1. The van der Waals surface area contributed by atoms with E-state index in [1.807, 2.05) is 6.07 Å². The maximum atomic E-state index is 13.2. The van der Waals surface area contributed by atoms with Gasteiger partial charge in [-0.1, -0.05) is 30.3 Å². The number of nitrogens with zero attached hydrogens (tertiary/aromatic N) is 2. The monoisotopic (exact) mass is 427 g/mol. The second-order valence-electron chi connectivity index (χ2n) is 7.02. The van der Waals surface area contributed by atoms with Crippen LogP contribution in [-0.2, 0) is 14.3 Å². The molecule has 0 aliphatic carbocycles. The molecule has 3 aromatic rings. The number of aromatic nitrogens is 2. The number of benzene rings is 1. The molecule has 0 bridgehead atoms. The molecule has 3 heterocycles. The molecule has 2 aromatic heterocycles. The van der Waals surface area contributed by atoms with Gasteiger partial charge in [-0.3, -0.25) is 9.59 Å². The zero-order valence-corrected chi connectivity index (χ0v) is 17.5. The van der Waals surface area contributed by atoms with Gasteiger partial charge in [0.25, 0.3) is 11.5 Å². The Balaban J connectivity index is 1.68. The Hall–Kier alpha value is -3.04. The second-order valence-corrected chi connectivity index (χ2v) is 8.02. The summed E-state index contributed by atoms with van der Waals surface area (Å²) in [6.45, 7) is 5.15. The van der Waals surface area contributed by atoms with Crippen LogP contribution in [0.15, 0.2) is 35.1 Å². The van der Waals surface area contributed by atoms with Crippen molar-refractivity contribution in [2.45, 2.75) is 20.0 Å². The molecule has 8 nitrogen and oxygen atoms in total. The van der Waals surface area contributed by atoms with Crippen LogP contribution in [0.3, 0.4) is 0 Å². The Morgan fingerprint density at radius 3 is 2.60 bits per heavy atom. The van der Waals surface area contributed by atoms with Gasteiger partial charge in [-0.25, -0.2) is 9.78 Å². The largest absolute Gasteiger partial charge is 0.443 e. The van der Waals surface area contributed by atoms with Crippen LogP contribution >= 0.6 is 11.3 Å². The van der Waals surface area contributed by atoms with E-state index in [-0.39, 0.29) is 16.3 Å². The standard InChI is InChI=1S/C21H21N3O5S/c1-12-15-18(25)22-13(2)23-19(15)30-17(12)21(27)29-16(14-6-4-3-5-7-14)20(26)24-8-10-28-11-9-24/h3-7,16H,8-11H2,1-2H3,(H,22,23,25). The van der Waals surface area contributed by atoms with Gasteiger partial charge in [0.1, 0.15) is 15.5 Å². The summed E-state index contributed by atoms with van der Waals surface area (Å²) in [5.74, 6) is -0.468. The second kappa shape index (κ2) is 8.37. The third-order valence-electron chi connectivity index (χ3n) is 4.98. The van der Waals surface area contributed by atoms with Crippen molar-refractivity contribution in [1.29, 1.82) is 0 Å². The van der Waals surface area contributed by atoms with Gasteiger partial charge >= 0.3 is 5.97 Å². The van der Waals surface area contributed by atoms with Gasteiger partial charge in [0.05, 0.1) is 18.6 Å². The van der Waals surface area contributed by atoms with Crippen molar-refractivity contribution in [2.24, 2.45) is 0 Å². The van der Waals surface area contributed by atoms with Crippen LogP contribution in [0.1, 0.15) is 32.7 Å². The highest BCUT2D eigenvalue weighted by atomic mass is 32.1. The van der Waals surface area contributed by atoms with E-state index in [0.29, 0.717) is 53.5 Å². The maximum absolute atomic E-state index is 13.2. The summed E-state index contributed by atoms with van der Waals surface area (Å²) in [6.07, 6.45) is -1.07. The number of esters is 1. The molecule has 1 amide bonds. The summed E-state index contributed by atoms with van der Waals surface area (Å²) < 4.78 is 11.0. The maximum Gasteiger partial charge on any atom is 0.349 e. The van der Waals surface area contributed by atoms with E-state index in [2.05, 4.69) is 9.97 Å². The minimum Gasteiger partial charge on any atom is -0.443 e. The topological polar surface area (TPSA) is 102 Å². The number of carbonyl (C=O) groups excluding carboxylic acids is 2. The Kier molecular flexibility index (Phi) is 5.65. The minimum atomic E-state index is -1.07. The van der Waals surface area contributed by atoms with E-state index in [4.69, 9.17) is 9.47 Å². The van der Waals surface area contributed by atoms with Crippen LogP contribution in [0.25, 0.3) is 10.2 Å². The van der Waals surface area contributed by atoms with Crippen molar-refractivity contribution >= 4 is 33.4 Å². The van der Waals surface area contributed by atoms with Crippen LogP contribution in [0, 0.1) is 13.8 Å². The van der Waals surface area contributed by atoms with E-state index >= 15 is 0 Å². The molecule has 1 N–H and O–H groups in total. The summed E-state index contributed by atoms with van der Waals surface area (Å²) >= 11 is 1.09. The first-order valence-corrected chi connectivity index (χ1v) is 10.4. The Morgan fingerprint density at radius 1 is 1.20 bits per heavy atom. The number of hydrogen-bond acceptors (Lipinski definition) is 7. The summed E-state index contributed by atoms with van der Waals surface area (Å²) in [4.78, 5) is 47.8. The lowest BCUT2D eigenvalue weighted by Crippen LogP contribution is -2.44. The van der Waals surface area contributed by atoms with E-state index in [9.17, 15) is 14.4 Å². The number of carbonyl (C=O) groups is 2. The first-order valence-electron chi connectivity index (χ1n) is 9.58. The quantitative estimate of drug-likeness (QED) is 0.642. The lowest BCUT2D eigenvalue weighted by atomic mass is 10.1. The third kappa shape index (κ3) is 3.86. The van der Waals surface area contributed by atoms with Crippen LogP contribution in [-0.4, -0.2) is 53.0 Å². The lowest BCUT2D eigenvalue weighted by molar-refractivity contribution is -0.145. The van der Waals surface area contributed by atoms with Crippen molar-refractivity contribution < 1.29 is 19.1 Å². The zero-order valence-electron chi connectivity index (χ0n) is 16.6. The smallest absolute Gasteiger partial charge is 0.349 e. The van der Waals surface area contributed by atoms with Gasteiger partial charge in [0.2, 0.25) is 6.10 Å². The van der Waals surface area contributed by atoms with Gasteiger partial charge in [-0.2, -0.15) is 0 Å². The van der Waals surface area contributed by atoms with Crippen molar-refractivity contribution in [2.75, 3.05) is 26.3 Å². The van der Waals surface area contributed by atoms with Crippen molar-refractivity contribution in [3.05, 3.63) is 62.5 Å². The van der Waals surface area contributed by atoms with Crippen LogP contribution in [0.4, 0.5) is 0 Å². The molecule has 1 atom stereocenters. The van der Waals surface area contributed by atoms with Gasteiger partial charge < -0.3 is 19.4 Å². The number of hydrogen-bond donors (Lipinski definition) is 1. The molecule has 9 heteroatoms. The van der Waals surface area contributed by atoms with E-state index in [1.165, 1.54) is 0 Å². The molecule has 0 radical (unpaired) electrons. The highest BCUT2D eigenvalue weighted by Gasteiger charge is 2.32. The van der Waals surface area contributed by atoms with E-state index in [1.54, 1.807) is 43.0 Å². The van der Waals surface area contributed by atoms with Gasteiger partial charge in [0, 0.05) is 18.7 Å². The van der Waals surface area contributed by atoms with Crippen LogP contribution in [0.2, 0.25) is 0 Å². The summed E-state index contributed by atoms with van der Waals surface area (Å²) in [5, 5.41) is 0.369. The van der Waals surface area contributed by atoms with Crippen molar-refractivity contribution in [3.8, 4) is 0 Å². The fraction of sp³-hybridized carbons (Fsp3) is 0.333. The van der Waals surface area contributed by atoms with E-state index < -0.39 is 12.1 Å². The molecular formula is C21H21N3O5S. The molecule has 0 saturated carbocycles. The number of rotatable bonds is 4. The first kappa shape index (κ1) is 20.2. The highest BCUT2D eigenvalue weighted by molar-refractivity contribution is 7.20. The minimum absolute atomic E-state index is 0.268.